The van der Waals surface area contributed by atoms with Crippen molar-refractivity contribution in [2.45, 2.75) is 52.1 Å². The highest BCUT2D eigenvalue weighted by Gasteiger charge is 2.41. The summed E-state index contributed by atoms with van der Waals surface area (Å²) in [6.07, 6.45) is 4.25. The summed E-state index contributed by atoms with van der Waals surface area (Å²) in [6.45, 7) is 14.9. The van der Waals surface area contributed by atoms with Gasteiger partial charge in [0.15, 0.2) is 0 Å². The van der Waals surface area contributed by atoms with Gasteiger partial charge in [-0.2, -0.15) is 0 Å². The van der Waals surface area contributed by atoms with E-state index in [9.17, 15) is 0 Å². The summed E-state index contributed by atoms with van der Waals surface area (Å²) in [4.78, 5) is 5.47. The summed E-state index contributed by atoms with van der Waals surface area (Å²) in [7, 11) is 0. The molecule has 0 spiro atoms. The largest absolute Gasteiger partial charge is 0.314 e. The first-order chi connectivity index (χ1) is 9.03. The molecule has 3 nitrogen and oxygen atoms in total. The van der Waals surface area contributed by atoms with Gasteiger partial charge in [-0.05, 0) is 30.6 Å². The van der Waals surface area contributed by atoms with Crippen molar-refractivity contribution in [3.05, 3.63) is 0 Å². The van der Waals surface area contributed by atoms with Crippen molar-refractivity contribution in [2.75, 3.05) is 39.3 Å². The van der Waals surface area contributed by atoms with Gasteiger partial charge in [0.05, 0.1) is 0 Å². The lowest BCUT2D eigenvalue weighted by molar-refractivity contribution is -0.0337. The van der Waals surface area contributed by atoms with Crippen molar-refractivity contribution < 1.29 is 0 Å². The number of nitrogens with zero attached hydrogens (tertiary/aromatic N) is 2. The zero-order chi connectivity index (χ0) is 13.5. The third-order valence-corrected chi connectivity index (χ3v) is 5.44. The molecule has 0 aromatic heterocycles. The van der Waals surface area contributed by atoms with Gasteiger partial charge >= 0.3 is 0 Å². The molecule has 110 valence electrons. The fraction of sp³-hybridized carbons (Fsp3) is 1.00. The molecule has 3 rings (SSSR count). The van der Waals surface area contributed by atoms with E-state index in [1.165, 1.54) is 58.5 Å². The molecule has 0 bridgehead atoms. The van der Waals surface area contributed by atoms with Gasteiger partial charge in [0, 0.05) is 51.4 Å². The topological polar surface area (TPSA) is 18.5 Å². The summed E-state index contributed by atoms with van der Waals surface area (Å²) in [5.74, 6) is 0.909. The lowest BCUT2D eigenvalue weighted by Crippen LogP contribution is -2.65. The second kappa shape index (κ2) is 5.34. The van der Waals surface area contributed by atoms with Crippen LogP contribution in [0.15, 0.2) is 0 Å². The first kappa shape index (κ1) is 13.8. The van der Waals surface area contributed by atoms with Gasteiger partial charge in [-0.25, -0.2) is 0 Å². The van der Waals surface area contributed by atoms with Crippen molar-refractivity contribution in [2.24, 2.45) is 11.3 Å². The van der Waals surface area contributed by atoms with Crippen LogP contribution in [-0.2, 0) is 0 Å². The smallest absolute Gasteiger partial charge is 0.0351 e. The number of rotatable bonds is 2. The lowest BCUT2D eigenvalue weighted by atomic mass is 9.69. The third kappa shape index (κ3) is 3.14. The monoisotopic (exact) mass is 265 g/mol. The van der Waals surface area contributed by atoms with E-state index in [1.807, 2.05) is 0 Å². The first-order valence-electron chi connectivity index (χ1n) is 8.22. The van der Waals surface area contributed by atoms with Crippen LogP contribution < -0.4 is 5.32 Å². The summed E-state index contributed by atoms with van der Waals surface area (Å²) in [5.41, 5.74) is 0.558. The Bertz CT molecular complexity index is 303. The van der Waals surface area contributed by atoms with Crippen LogP contribution in [0.2, 0.25) is 0 Å². The van der Waals surface area contributed by atoms with Crippen molar-refractivity contribution in [1.29, 1.82) is 0 Å². The number of hydrogen-bond acceptors (Lipinski definition) is 3. The molecule has 3 aliphatic rings. The van der Waals surface area contributed by atoms with Gasteiger partial charge < -0.3 is 5.32 Å². The molecule has 0 aromatic rings. The summed E-state index contributed by atoms with van der Waals surface area (Å²) in [5, 5.41) is 3.45. The van der Waals surface area contributed by atoms with E-state index in [4.69, 9.17) is 0 Å². The average molecular weight is 265 g/mol. The molecule has 2 saturated heterocycles. The van der Waals surface area contributed by atoms with Gasteiger partial charge in [0.25, 0.3) is 0 Å². The molecule has 3 heteroatoms. The Hall–Kier alpha value is -0.120. The van der Waals surface area contributed by atoms with Crippen molar-refractivity contribution in [3.63, 3.8) is 0 Å². The van der Waals surface area contributed by atoms with Crippen LogP contribution in [0.5, 0.6) is 0 Å². The van der Waals surface area contributed by atoms with Crippen LogP contribution in [-0.4, -0.2) is 61.2 Å². The van der Waals surface area contributed by atoms with Gasteiger partial charge in [-0.3, -0.25) is 9.80 Å². The Morgan fingerprint density at radius 3 is 2.26 bits per heavy atom. The predicted octanol–water partition coefficient (Wildman–Crippen LogP) is 1.79. The van der Waals surface area contributed by atoms with Gasteiger partial charge in [-0.1, -0.05) is 20.8 Å². The molecule has 0 amide bonds. The Kier molecular flexibility index (Phi) is 3.89. The fourth-order valence-electron chi connectivity index (χ4n) is 4.64. The highest BCUT2D eigenvalue weighted by molar-refractivity contribution is 4.96. The molecule has 2 atom stereocenters. The summed E-state index contributed by atoms with van der Waals surface area (Å²) >= 11 is 0. The SMILES string of the molecule is CC1CC(N2CC(N3CCNCC3)C2)CC(C)(C)C1. The van der Waals surface area contributed by atoms with Crippen molar-refractivity contribution >= 4 is 0 Å². The Labute approximate surface area is 118 Å². The van der Waals surface area contributed by atoms with Crippen LogP contribution >= 0.6 is 0 Å². The maximum absolute atomic E-state index is 3.45. The molecule has 2 aliphatic heterocycles. The standard InChI is InChI=1S/C16H31N3/c1-13-8-14(10-16(2,3)9-13)19-11-15(12-19)18-6-4-17-5-7-18/h13-15,17H,4-12H2,1-3H3. The lowest BCUT2D eigenvalue weighted by Gasteiger charge is -2.53. The molecule has 1 aliphatic carbocycles. The quantitative estimate of drug-likeness (QED) is 0.821. The average Bonchev–Trinajstić information content (AvgIpc) is 2.25. The van der Waals surface area contributed by atoms with E-state index in [0.29, 0.717) is 5.41 Å². The highest BCUT2D eigenvalue weighted by atomic mass is 15.3. The summed E-state index contributed by atoms with van der Waals surface area (Å²) in [6, 6.07) is 1.71. The minimum absolute atomic E-state index is 0.558. The maximum Gasteiger partial charge on any atom is 0.0351 e. The molecule has 1 saturated carbocycles. The molecule has 19 heavy (non-hydrogen) atoms. The molecule has 0 radical (unpaired) electrons. The first-order valence-corrected chi connectivity index (χ1v) is 8.22. The molecule has 1 N–H and O–H groups in total. The van der Waals surface area contributed by atoms with Crippen LogP contribution in [0.1, 0.15) is 40.0 Å². The minimum atomic E-state index is 0.558. The van der Waals surface area contributed by atoms with E-state index in [0.717, 1.165) is 18.0 Å². The number of likely N-dealkylation sites (tertiary alicyclic amines) is 1. The van der Waals surface area contributed by atoms with Gasteiger partial charge in [0.1, 0.15) is 0 Å². The Balaban J connectivity index is 1.49. The Morgan fingerprint density at radius 2 is 1.63 bits per heavy atom. The molecule has 2 heterocycles. The second-order valence-corrected chi connectivity index (χ2v) is 7.96. The summed E-state index contributed by atoms with van der Waals surface area (Å²) < 4.78 is 0. The molecule has 3 fully saturated rings. The van der Waals surface area contributed by atoms with Crippen LogP contribution in [0.3, 0.4) is 0 Å². The second-order valence-electron chi connectivity index (χ2n) is 7.96. The highest BCUT2D eigenvalue weighted by Crippen LogP contribution is 2.41. The van der Waals surface area contributed by atoms with Crippen LogP contribution in [0.4, 0.5) is 0 Å². The van der Waals surface area contributed by atoms with E-state index < -0.39 is 0 Å². The number of piperazine rings is 1. The third-order valence-electron chi connectivity index (χ3n) is 5.44. The van der Waals surface area contributed by atoms with E-state index in [-0.39, 0.29) is 0 Å². The van der Waals surface area contributed by atoms with Crippen molar-refractivity contribution in [1.82, 2.24) is 15.1 Å². The van der Waals surface area contributed by atoms with Gasteiger partial charge in [0.2, 0.25) is 0 Å². The molecular formula is C16H31N3. The zero-order valence-corrected chi connectivity index (χ0v) is 13.0. The molecule has 2 unspecified atom stereocenters. The zero-order valence-electron chi connectivity index (χ0n) is 13.0. The van der Waals surface area contributed by atoms with E-state index in [1.54, 1.807) is 0 Å². The minimum Gasteiger partial charge on any atom is -0.314 e. The van der Waals surface area contributed by atoms with Gasteiger partial charge in [-0.15, -0.1) is 0 Å². The van der Waals surface area contributed by atoms with E-state index in [2.05, 4.69) is 35.9 Å². The number of hydrogen-bond donors (Lipinski definition) is 1. The van der Waals surface area contributed by atoms with Crippen molar-refractivity contribution in [3.8, 4) is 0 Å². The van der Waals surface area contributed by atoms with E-state index >= 15 is 0 Å². The maximum atomic E-state index is 3.45. The Morgan fingerprint density at radius 1 is 0.947 bits per heavy atom. The predicted molar refractivity (Wildman–Crippen MR) is 80.4 cm³/mol. The fourth-order valence-corrected chi connectivity index (χ4v) is 4.64. The van der Waals surface area contributed by atoms with Crippen LogP contribution in [0.25, 0.3) is 0 Å². The molecular weight excluding hydrogens is 234 g/mol. The number of nitrogens with one attached hydrogen (secondary N) is 1. The molecule has 0 aromatic carbocycles. The van der Waals surface area contributed by atoms with Crippen LogP contribution in [0, 0.1) is 11.3 Å². The normalized spacial score (nSPS) is 38.1.